The summed E-state index contributed by atoms with van der Waals surface area (Å²) in [5.74, 6) is 1.01. The van der Waals surface area contributed by atoms with Crippen LogP contribution in [0.25, 0.3) is 0 Å². The van der Waals surface area contributed by atoms with Gasteiger partial charge in [0, 0.05) is 24.9 Å². The summed E-state index contributed by atoms with van der Waals surface area (Å²) < 4.78 is 8.36. The molecule has 4 nitrogen and oxygen atoms in total. The number of nitrogens with zero attached hydrogens (tertiary/aromatic N) is 2. The molecule has 0 saturated heterocycles. The summed E-state index contributed by atoms with van der Waals surface area (Å²) in [5, 5.41) is 7.98. The van der Waals surface area contributed by atoms with Crippen molar-refractivity contribution in [1.29, 1.82) is 0 Å². The van der Waals surface area contributed by atoms with Gasteiger partial charge in [-0.15, -0.1) is 0 Å². The first-order chi connectivity index (χ1) is 9.58. The lowest BCUT2D eigenvalue weighted by Gasteiger charge is -2.57. The topological polar surface area (TPSA) is 39.1 Å². The normalized spacial score (nSPS) is 28.4. The highest BCUT2D eigenvalue weighted by Crippen LogP contribution is 2.53. The van der Waals surface area contributed by atoms with Crippen LogP contribution in [0.1, 0.15) is 49.9 Å². The molecule has 2 aliphatic carbocycles. The second kappa shape index (κ2) is 5.06. The van der Waals surface area contributed by atoms with Crippen molar-refractivity contribution in [2.45, 2.75) is 64.5 Å². The van der Waals surface area contributed by atoms with Gasteiger partial charge in [0.25, 0.3) is 0 Å². The van der Waals surface area contributed by atoms with E-state index in [1.165, 1.54) is 32.1 Å². The van der Waals surface area contributed by atoms with Crippen molar-refractivity contribution >= 4 is 0 Å². The molecule has 4 heteroatoms. The summed E-state index contributed by atoms with van der Waals surface area (Å²) in [6.07, 6.45) is 8.19. The summed E-state index contributed by atoms with van der Waals surface area (Å²) in [6.45, 7) is 4.14. The molecule has 0 aromatic carbocycles. The zero-order valence-electron chi connectivity index (χ0n) is 13.2. The van der Waals surface area contributed by atoms with Crippen LogP contribution in [0.3, 0.4) is 0 Å². The molecular formula is C16H27N3O. The van der Waals surface area contributed by atoms with Crippen LogP contribution >= 0.6 is 0 Å². The van der Waals surface area contributed by atoms with E-state index >= 15 is 0 Å². The minimum Gasteiger partial charge on any atom is -0.486 e. The van der Waals surface area contributed by atoms with E-state index in [4.69, 9.17) is 4.74 Å². The number of ether oxygens (including phenoxy) is 1. The molecule has 2 saturated carbocycles. The molecule has 1 spiro atoms. The fourth-order valence-corrected chi connectivity index (χ4v) is 4.27. The van der Waals surface area contributed by atoms with Crippen LogP contribution in [0.15, 0.2) is 0 Å². The number of nitrogens with one attached hydrogen (secondary N) is 1. The monoisotopic (exact) mass is 277 g/mol. The van der Waals surface area contributed by atoms with Crippen molar-refractivity contribution in [2.24, 2.45) is 12.5 Å². The zero-order chi connectivity index (χ0) is 14.3. The highest BCUT2D eigenvalue weighted by Gasteiger charge is 2.56. The van der Waals surface area contributed by atoms with Gasteiger partial charge in [-0.25, -0.2) is 0 Å². The van der Waals surface area contributed by atoms with Crippen LogP contribution in [-0.2, 0) is 7.05 Å². The summed E-state index contributed by atoms with van der Waals surface area (Å²) in [5.41, 5.74) is 2.52. The van der Waals surface area contributed by atoms with Crippen LogP contribution < -0.4 is 10.1 Å². The maximum atomic E-state index is 6.43. The Kier molecular flexibility index (Phi) is 3.53. The fraction of sp³-hybridized carbons (Fsp3) is 0.812. The second-order valence-electron chi connectivity index (χ2n) is 6.60. The fourth-order valence-electron chi connectivity index (χ4n) is 4.27. The molecule has 2 aliphatic rings. The van der Waals surface area contributed by atoms with E-state index in [1.54, 1.807) is 0 Å². The molecule has 1 aromatic heterocycles. The average Bonchev–Trinajstić information content (AvgIpc) is 2.69. The first-order valence-electron chi connectivity index (χ1n) is 7.92. The molecule has 2 unspecified atom stereocenters. The van der Waals surface area contributed by atoms with E-state index in [9.17, 15) is 0 Å². The molecule has 1 N–H and O–H groups in total. The summed E-state index contributed by atoms with van der Waals surface area (Å²) >= 11 is 0. The molecule has 2 atom stereocenters. The lowest BCUT2D eigenvalue weighted by atomic mass is 9.55. The molecular weight excluding hydrogens is 250 g/mol. The first kappa shape index (κ1) is 13.9. The van der Waals surface area contributed by atoms with Gasteiger partial charge in [0.2, 0.25) is 0 Å². The standard InChI is InChI=1S/C16H27N3O/c1-11-15(12(2)19(4)18-11)20-14-10-13(17-3)16(14)8-6-5-7-9-16/h13-14,17H,5-10H2,1-4H3. The van der Waals surface area contributed by atoms with Crippen molar-refractivity contribution in [3.63, 3.8) is 0 Å². The number of hydrogen-bond donors (Lipinski definition) is 1. The quantitative estimate of drug-likeness (QED) is 0.923. The average molecular weight is 277 g/mol. The molecule has 0 bridgehead atoms. The van der Waals surface area contributed by atoms with Gasteiger partial charge in [0.15, 0.2) is 5.75 Å². The zero-order valence-corrected chi connectivity index (χ0v) is 13.2. The van der Waals surface area contributed by atoms with E-state index in [1.807, 2.05) is 18.7 Å². The number of hydrogen-bond acceptors (Lipinski definition) is 3. The molecule has 20 heavy (non-hydrogen) atoms. The van der Waals surface area contributed by atoms with Crippen LogP contribution in [0.2, 0.25) is 0 Å². The van der Waals surface area contributed by atoms with Gasteiger partial charge in [-0.1, -0.05) is 19.3 Å². The summed E-state index contributed by atoms with van der Waals surface area (Å²) in [6, 6.07) is 0.630. The summed E-state index contributed by atoms with van der Waals surface area (Å²) in [4.78, 5) is 0. The highest BCUT2D eigenvalue weighted by atomic mass is 16.5. The van der Waals surface area contributed by atoms with Crippen LogP contribution in [0.5, 0.6) is 5.75 Å². The van der Waals surface area contributed by atoms with E-state index in [-0.39, 0.29) is 0 Å². The Hall–Kier alpha value is -1.03. The largest absolute Gasteiger partial charge is 0.486 e. The molecule has 1 aromatic rings. The van der Waals surface area contributed by atoms with Crippen molar-refractivity contribution in [1.82, 2.24) is 15.1 Å². The van der Waals surface area contributed by atoms with Crippen LogP contribution in [0.4, 0.5) is 0 Å². The van der Waals surface area contributed by atoms with Crippen LogP contribution in [0, 0.1) is 19.3 Å². The van der Waals surface area contributed by atoms with E-state index in [0.717, 1.165) is 23.6 Å². The van der Waals surface area contributed by atoms with E-state index in [0.29, 0.717) is 17.6 Å². The predicted molar refractivity (Wildman–Crippen MR) is 80.1 cm³/mol. The highest BCUT2D eigenvalue weighted by molar-refractivity contribution is 5.33. The minimum atomic E-state index is 0.363. The predicted octanol–water partition coefficient (Wildman–Crippen LogP) is 2.73. The maximum Gasteiger partial charge on any atom is 0.163 e. The van der Waals surface area contributed by atoms with Gasteiger partial charge in [0.1, 0.15) is 11.8 Å². The van der Waals surface area contributed by atoms with Gasteiger partial charge in [-0.2, -0.15) is 5.10 Å². The Morgan fingerprint density at radius 1 is 1.25 bits per heavy atom. The lowest BCUT2D eigenvalue weighted by molar-refractivity contribution is -0.101. The van der Waals surface area contributed by atoms with E-state index in [2.05, 4.69) is 24.4 Å². The third-order valence-corrected chi connectivity index (χ3v) is 5.62. The number of rotatable bonds is 3. The third kappa shape index (κ3) is 1.96. The molecule has 2 fully saturated rings. The first-order valence-corrected chi connectivity index (χ1v) is 7.92. The SMILES string of the molecule is CNC1CC(Oc2c(C)nn(C)c2C)C12CCCCC2. The van der Waals surface area contributed by atoms with Crippen molar-refractivity contribution in [3.8, 4) is 5.75 Å². The Morgan fingerprint density at radius 2 is 1.95 bits per heavy atom. The Balaban J connectivity index is 1.80. The van der Waals surface area contributed by atoms with Gasteiger partial charge < -0.3 is 10.1 Å². The summed E-state index contributed by atoms with van der Waals surface area (Å²) in [7, 11) is 4.08. The minimum absolute atomic E-state index is 0.363. The molecule has 1 heterocycles. The second-order valence-corrected chi connectivity index (χ2v) is 6.60. The van der Waals surface area contributed by atoms with E-state index < -0.39 is 0 Å². The Morgan fingerprint density at radius 3 is 2.50 bits per heavy atom. The Bertz CT molecular complexity index is 488. The van der Waals surface area contributed by atoms with Gasteiger partial charge in [0.05, 0.1) is 5.69 Å². The molecule has 112 valence electrons. The van der Waals surface area contributed by atoms with Gasteiger partial charge in [-0.3, -0.25) is 4.68 Å². The van der Waals surface area contributed by atoms with Gasteiger partial charge in [-0.05, 0) is 33.7 Å². The van der Waals surface area contributed by atoms with Crippen molar-refractivity contribution < 1.29 is 4.74 Å². The van der Waals surface area contributed by atoms with Crippen LogP contribution in [-0.4, -0.2) is 29.0 Å². The van der Waals surface area contributed by atoms with Gasteiger partial charge >= 0.3 is 0 Å². The Labute approximate surface area is 121 Å². The van der Waals surface area contributed by atoms with Crippen molar-refractivity contribution in [2.75, 3.05) is 7.05 Å². The third-order valence-electron chi connectivity index (χ3n) is 5.62. The molecule has 0 amide bonds. The van der Waals surface area contributed by atoms with Crippen molar-refractivity contribution in [3.05, 3.63) is 11.4 Å². The number of aromatic nitrogens is 2. The lowest BCUT2D eigenvalue weighted by Crippen LogP contribution is -2.64. The maximum absolute atomic E-state index is 6.43. The molecule has 3 rings (SSSR count). The molecule has 0 radical (unpaired) electrons. The smallest absolute Gasteiger partial charge is 0.163 e. The molecule has 0 aliphatic heterocycles. The number of aryl methyl sites for hydroxylation is 2.